The van der Waals surface area contributed by atoms with Crippen LogP contribution in [-0.2, 0) is 9.53 Å². The molecule has 0 radical (unpaired) electrons. The molecule has 1 aliphatic rings. The summed E-state index contributed by atoms with van der Waals surface area (Å²) < 4.78 is 4.93. The molecule has 0 bridgehead atoms. The quantitative estimate of drug-likeness (QED) is 0.759. The molecule has 1 heterocycles. The number of ether oxygens (including phenoxy) is 1. The molecule has 0 atom stereocenters. The molecule has 132 valence electrons. The number of rotatable bonds is 6. The SMILES string of the molecule is COCCNCC(=O)N1CCN(C(=O)Nc2cccc(C)c2)CC1. The van der Waals surface area contributed by atoms with Crippen LogP contribution in [0.2, 0.25) is 0 Å². The van der Waals surface area contributed by atoms with E-state index in [9.17, 15) is 9.59 Å². The van der Waals surface area contributed by atoms with Crippen molar-refractivity contribution in [1.82, 2.24) is 15.1 Å². The van der Waals surface area contributed by atoms with E-state index in [4.69, 9.17) is 4.74 Å². The molecule has 1 fully saturated rings. The number of piperazine rings is 1. The predicted molar refractivity (Wildman–Crippen MR) is 93.1 cm³/mol. The minimum atomic E-state index is -0.120. The summed E-state index contributed by atoms with van der Waals surface area (Å²) in [6, 6.07) is 7.59. The van der Waals surface area contributed by atoms with Gasteiger partial charge in [-0.1, -0.05) is 12.1 Å². The van der Waals surface area contributed by atoms with Crippen LogP contribution < -0.4 is 10.6 Å². The van der Waals surface area contributed by atoms with Crippen molar-refractivity contribution < 1.29 is 14.3 Å². The highest BCUT2D eigenvalue weighted by Crippen LogP contribution is 2.11. The van der Waals surface area contributed by atoms with E-state index in [1.165, 1.54) is 0 Å². The summed E-state index contributed by atoms with van der Waals surface area (Å²) in [7, 11) is 1.63. The van der Waals surface area contributed by atoms with E-state index in [0.29, 0.717) is 45.9 Å². The maximum absolute atomic E-state index is 12.3. The maximum atomic E-state index is 12.3. The Morgan fingerprint density at radius 2 is 1.88 bits per heavy atom. The Morgan fingerprint density at radius 1 is 1.17 bits per heavy atom. The number of aryl methyl sites for hydroxylation is 1. The summed E-state index contributed by atoms with van der Waals surface area (Å²) in [5.74, 6) is 0.0600. The lowest BCUT2D eigenvalue weighted by Crippen LogP contribution is -2.53. The lowest BCUT2D eigenvalue weighted by molar-refractivity contribution is -0.131. The van der Waals surface area contributed by atoms with Gasteiger partial charge in [0.2, 0.25) is 5.91 Å². The molecule has 7 nitrogen and oxygen atoms in total. The normalized spacial score (nSPS) is 14.6. The first-order valence-corrected chi connectivity index (χ1v) is 8.20. The van der Waals surface area contributed by atoms with Crippen LogP contribution in [0.5, 0.6) is 0 Å². The number of hydrogen-bond acceptors (Lipinski definition) is 4. The van der Waals surface area contributed by atoms with Crippen LogP contribution in [0.1, 0.15) is 5.56 Å². The number of anilines is 1. The first-order chi connectivity index (χ1) is 11.6. The van der Waals surface area contributed by atoms with Crippen molar-refractivity contribution in [3.63, 3.8) is 0 Å². The molecule has 3 amide bonds. The lowest BCUT2D eigenvalue weighted by atomic mass is 10.2. The second-order valence-corrected chi connectivity index (χ2v) is 5.84. The zero-order valence-corrected chi connectivity index (χ0v) is 14.4. The molecule has 0 aromatic heterocycles. The number of nitrogens with one attached hydrogen (secondary N) is 2. The number of nitrogens with zero attached hydrogens (tertiary/aromatic N) is 2. The van der Waals surface area contributed by atoms with E-state index in [1.807, 2.05) is 31.2 Å². The molecule has 0 spiro atoms. The Balaban J connectivity index is 1.73. The van der Waals surface area contributed by atoms with E-state index < -0.39 is 0 Å². The third kappa shape index (κ3) is 5.50. The molecule has 2 rings (SSSR count). The summed E-state index contributed by atoms with van der Waals surface area (Å²) in [6.07, 6.45) is 0. The molecule has 0 unspecified atom stereocenters. The van der Waals surface area contributed by atoms with Gasteiger partial charge in [0.1, 0.15) is 0 Å². The second-order valence-electron chi connectivity index (χ2n) is 5.84. The number of carbonyl (C=O) groups is 2. The molecule has 1 aromatic rings. The van der Waals surface area contributed by atoms with Crippen molar-refractivity contribution in [3.8, 4) is 0 Å². The smallest absolute Gasteiger partial charge is 0.321 e. The topological polar surface area (TPSA) is 73.9 Å². The average molecular weight is 334 g/mol. The monoisotopic (exact) mass is 334 g/mol. The maximum Gasteiger partial charge on any atom is 0.321 e. The average Bonchev–Trinajstić information content (AvgIpc) is 2.58. The zero-order valence-electron chi connectivity index (χ0n) is 14.4. The van der Waals surface area contributed by atoms with Crippen molar-refractivity contribution in [2.24, 2.45) is 0 Å². The number of benzene rings is 1. The van der Waals surface area contributed by atoms with Crippen molar-refractivity contribution in [2.75, 3.05) is 58.3 Å². The van der Waals surface area contributed by atoms with Gasteiger partial charge in [0.05, 0.1) is 13.2 Å². The molecular weight excluding hydrogens is 308 g/mol. The minimum absolute atomic E-state index is 0.0600. The van der Waals surface area contributed by atoms with Gasteiger partial charge in [0.15, 0.2) is 0 Å². The summed E-state index contributed by atoms with van der Waals surface area (Å²) in [5, 5.41) is 5.95. The number of hydrogen-bond donors (Lipinski definition) is 2. The van der Waals surface area contributed by atoms with Crippen molar-refractivity contribution in [1.29, 1.82) is 0 Å². The second kappa shape index (κ2) is 9.24. The predicted octanol–water partition coefficient (Wildman–Crippen LogP) is 0.907. The third-order valence-electron chi connectivity index (χ3n) is 3.95. The first kappa shape index (κ1) is 18.2. The van der Waals surface area contributed by atoms with Crippen LogP contribution in [0.4, 0.5) is 10.5 Å². The number of amides is 3. The highest BCUT2D eigenvalue weighted by Gasteiger charge is 2.23. The van der Waals surface area contributed by atoms with Crippen LogP contribution in [0, 0.1) is 6.92 Å². The zero-order chi connectivity index (χ0) is 17.4. The van der Waals surface area contributed by atoms with Gasteiger partial charge in [-0.05, 0) is 24.6 Å². The summed E-state index contributed by atoms with van der Waals surface area (Å²) in [5.41, 5.74) is 1.89. The number of carbonyl (C=O) groups excluding carboxylic acids is 2. The van der Waals surface area contributed by atoms with Crippen LogP contribution in [-0.4, -0.2) is 74.7 Å². The van der Waals surface area contributed by atoms with Crippen molar-refractivity contribution in [2.45, 2.75) is 6.92 Å². The third-order valence-corrected chi connectivity index (χ3v) is 3.95. The molecule has 7 heteroatoms. The highest BCUT2D eigenvalue weighted by molar-refractivity contribution is 5.89. The Bertz CT molecular complexity index is 557. The summed E-state index contributed by atoms with van der Waals surface area (Å²) in [4.78, 5) is 27.9. The van der Waals surface area contributed by atoms with E-state index in [0.717, 1.165) is 11.3 Å². The van der Waals surface area contributed by atoms with Crippen molar-refractivity contribution in [3.05, 3.63) is 29.8 Å². The summed E-state index contributed by atoms with van der Waals surface area (Å²) >= 11 is 0. The van der Waals surface area contributed by atoms with E-state index >= 15 is 0 Å². The molecule has 0 saturated carbocycles. The lowest BCUT2D eigenvalue weighted by Gasteiger charge is -2.34. The van der Waals surface area contributed by atoms with Crippen molar-refractivity contribution >= 4 is 17.6 Å². The van der Waals surface area contributed by atoms with Gasteiger partial charge in [0.25, 0.3) is 0 Å². The van der Waals surface area contributed by atoms with Crippen LogP contribution in [0.25, 0.3) is 0 Å². The number of methoxy groups -OCH3 is 1. The van der Waals surface area contributed by atoms with Crippen LogP contribution >= 0.6 is 0 Å². The van der Waals surface area contributed by atoms with Gasteiger partial charge >= 0.3 is 6.03 Å². The molecule has 2 N–H and O–H groups in total. The molecule has 0 aliphatic carbocycles. The van der Waals surface area contributed by atoms with Gasteiger partial charge in [-0.2, -0.15) is 0 Å². The van der Waals surface area contributed by atoms with Gasteiger partial charge in [-0.25, -0.2) is 4.79 Å². The fourth-order valence-electron chi connectivity index (χ4n) is 2.57. The minimum Gasteiger partial charge on any atom is -0.383 e. The number of urea groups is 1. The molecule has 1 aromatic carbocycles. The molecule has 24 heavy (non-hydrogen) atoms. The van der Waals surface area contributed by atoms with Crippen LogP contribution in [0.3, 0.4) is 0 Å². The Morgan fingerprint density at radius 3 is 2.54 bits per heavy atom. The largest absolute Gasteiger partial charge is 0.383 e. The van der Waals surface area contributed by atoms with Gasteiger partial charge < -0.3 is 25.2 Å². The highest BCUT2D eigenvalue weighted by atomic mass is 16.5. The molecule has 1 aliphatic heterocycles. The Kier molecular flexibility index (Phi) is 7.02. The first-order valence-electron chi connectivity index (χ1n) is 8.20. The molecular formula is C17H26N4O3. The van der Waals surface area contributed by atoms with Crippen LogP contribution in [0.15, 0.2) is 24.3 Å². The summed E-state index contributed by atoms with van der Waals surface area (Å²) in [6.45, 7) is 5.74. The van der Waals surface area contributed by atoms with Gasteiger partial charge in [0, 0.05) is 45.5 Å². The fourth-order valence-corrected chi connectivity index (χ4v) is 2.57. The Labute approximate surface area is 142 Å². The standard InChI is InChI=1S/C17H26N4O3/c1-14-4-3-5-15(12-14)19-17(23)21-9-7-20(8-10-21)16(22)13-18-6-11-24-2/h3-5,12,18H,6-11,13H2,1-2H3,(H,19,23). The van der Waals surface area contributed by atoms with E-state index in [2.05, 4.69) is 10.6 Å². The van der Waals surface area contributed by atoms with E-state index in [-0.39, 0.29) is 11.9 Å². The van der Waals surface area contributed by atoms with Gasteiger partial charge in [-0.15, -0.1) is 0 Å². The van der Waals surface area contributed by atoms with E-state index in [1.54, 1.807) is 16.9 Å². The van der Waals surface area contributed by atoms with Gasteiger partial charge in [-0.3, -0.25) is 4.79 Å². The molecule has 1 saturated heterocycles. The Hall–Kier alpha value is -2.12. The fraction of sp³-hybridized carbons (Fsp3) is 0.529.